The Morgan fingerprint density at radius 1 is 1.05 bits per heavy atom. The van der Waals surface area contributed by atoms with Crippen LogP contribution in [0.3, 0.4) is 0 Å². The topological polar surface area (TPSA) is 41.5 Å². The highest BCUT2D eigenvalue weighted by atomic mass is 16.5. The highest BCUT2D eigenvalue weighted by molar-refractivity contribution is 4.99. The number of aliphatic hydroxyl groups excluding tert-OH is 1. The van der Waals surface area contributed by atoms with E-state index in [1.54, 1.807) is 0 Å². The van der Waals surface area contributed by atoms with Gasteiger partial charge in [0.15, 0.2) is 0 Å². The van der Waals surface area contributed by atoms with Gasteiger partial charge in [0, 0.05) is 18.2 Å². The zero-order chi connectivity index (χ0) is 13.1. The lowest BCUT2D eigenvalue weighted by atomic mass is 9.80. The van der Waals surface area contributed by atoms with Gasteiger partial charge in [-0.3, -0.25) is 0 Å². The highest BCUT2D eigenvalue weighted by Crippen LogP contribution is 2.34. The van der Waals surface area contributed by atoms with Crippen LogP contribution in [0.2, 0.25) is 0 Å². The van der Waals surface area contributed by atoms with Crippen molar-refractivity contribution in [3.8, 4) is 0 Å². The summed E-state index contributed by atoms with van der Waals surface area (Å²) >= 11 is 0. The second kappa shape index (κ2) is 6.11. The highest BCUT2D eigenvalue weighted by Gasteiger charge is 2.40. The Balaban J connectivity index is 1.48. The molecular formula is C16H29NO2. The average Bonchev–Trinajstić information content (AvgIpc) is 3.08. The number of aliphatic hydroxyl groups is 1. The molecule has 0 aliphatic heterocycles. The van der Waals surface area contributed by atoms with E-state index in [9.17, 15) is 5.11 Å². The Kier molecular flexibility index (Phi) is 4.45. The van der Waals surface area contributed by atoms with Gasteiger partial charge in [-0.05, 0) is 57.3 Å². The number of ether oxygens (including phenoxy) is 1. The van der Waals surface area contributed by atoms with E-state index in [1.807, 2.05) is 0 Å². The standard InChI is InChI=1S/C16H29NO2/c18-12-16(17-14-7-8-14)9-3-6-15(10-16)19-11-13-4-1-2-5-13/h13-15,17-18H,1-12H2. The van der Waals surface area contributed by atoms with E-state index in [0.29, 0.717) is 12.1 Å². The Morgan fingerprint density at radius 3 is 2.53 bits per heavy atom. The molecule has 3 nitrogen and oxygen atoms in total. The largest absolute Gasteiger partial charge is 0.394 e. The van der Waals surface area contributed by atoms with Crippen molar-refractivity contribution >= 4 is 0 Å². The third-order valence-corrected chi connectivity index (χ3v) is 5.23. The van der Waals surface area contributed by atoms with Crippen molar-refractivity contribution in [1.29, 1.82) is 0 Å². The van der Waals surface area contributed by atoms with E-state index in [4.69, 9.17) is 4.74 Å². The first-order chi connectivity index (χ1) is 9.30. The summed E-state index contributed by atoms with van der Waals surface area (Å²) in [7, 11) is 0. The summed E-state index contributed by atoms with van der Waals surface area (Å²) in [5.41, 5.74) is -0.0419. The molecule has 0 aromatic heterocycles. The van der Waals surface area contributed by atoms with E-state index in [2.05, 4.69) is 5.32 Å². The average molecular weight is 267 g/mol. The van der Waals surface area contributed by atoms with Gasteiger partial charge in [0.2, 0.25) is 0 Å². The van der Waals surface area contributed by atoms with E-state index < -0.39 is 0 Å². The zero-order valence-corrected chi connectivity index (χ0v) is 12.1. The van der Waals surface area contributed by atoms with Gasteiger partial charge in [-0.15, -0.1) is 0 Å². The smallest absolute Gasteiger partial charge is 0.0614 e. The van der Waals surface area contributed by atoms with Crippen molar-refractivity contribution in [2.75, 3.05) is 13.2 Å². The minimum atomic E-state index is -0.0419. The summed E-state index contributed by atoms with van der Waals surface area (Å²) in [6, 6.07) is 0.667. The van der Waals surface area contributed by atoms with Gasteiger partial charge >= 0.3 is 0 Å². The lowest BCUT2D eigenvalue weighted by molar-refractivity contribution is -0.0286. The van der Waals surface area contributed by atoms with Crippen LogP contribution in [-0.4, -0.2) is 36.0 Å². The fraction of sp³-hybridized carbons (Fsp3) is 1.00. The number of hydrogen-bond acceptors (Lipinski definition) is 3. The molecule has 0 aromatic rings. The zero-order valence-electron chi connectivity index (χ0n) is 12.1. The Bertz CT molecular complexity index is 286. The molecule has 2 N–H and O–H groups in total. The molecule has 0 saturated heterocycles. The molecule has 0 spiro atoms. The third kappa shape index (κ3) is 3.71. The van der Waals surface area contributed by atoms with Gasteiger partial charge in [-0.2, -0.15) is 0 Å². The maximum Gasteiger partial charge on any atom is 0.0614 e. The van der Waals surface area contributed by atoms with Crippen LogP contribution < -0.4 is 5.32 Å². The molecule has 3 aliphatic carbocycles. The van der Waals surface area contributed by atoms with E-state index >= 15 is 0 Å². The second-order valence-electron chi connectivity index (χ2n) is 7.06. The molecule has 110 valence electrons. The second-order valence-corrected chi connectivity index (χ2v) is 7.06. The van der Waals surface area contributed by atoms with Gasteiger partial charge in [0.1, 0.15) is 0 Å². The number of rotatable bonds is 6. The van der Waals surface area contributed by atoms with Crippen molar-refractivity contribution in [2.45, 2.75) is 81.9 Å². The normalized spacial score (nSPS) is 36.8. The quantitative estimate of drug-likeness (QED) is 0.777. The van der Waals surface area contributed by atoms with Crippen molar-refractivity contribution in [1.82, 2.24) is 5.32 Å². The van der Waals surface area contributed by atoms with Crippen molar-refractivity contribution in [3.05, 3.63) is 0 Å². The molecule has 0 amide bonds. The summed E-state index contributed by atoms with van der Waals surface area (Å²) in [5.74, 6) is 0.807. The summed E-state index contributed by atoms with van der Waals surface area (Å²) < 4.78 is 6.17. The summed E-state index contributed by atoms with van der Waals surface area (Å²) in [6.07, 6.45) is 12.9. The Morgan fingerprint density at radius 2 is 1.84 bits per heavy atom. The minimum Gasteiger partial charge on any atom is -0.394 e. The molecule has 3 fully saturated rings. The predicted octanol–water partition coefficient (Wildman–Crippen LogP) is 2.62. The SMILES string of the molecule is OCC1(NC2CC2)CCCC(OCC2CCCC2)C1. The monoisotopic (exact) mass is 267 g/mol. The molecule has 0 radical (unpaired) electrons. The first-order valence-corrected chi connectivity index (χ1v) is 8.30. The van der Waals surface area contributed by atoms with Crippen molar-refractivity contribution < 1.29 is 9.84 Å². The fourth-order valence-electron chi connectivity index (χ4n) is 3.88. The van der Waals surface area contributed by atoms with Crippen LogP contribution in [0.5, 0.6) is 0 Å². The lowest BCUT2D eigenvalue weighted by Gasteiger charge is -2.41. The maximum absolute atomic E-state index is 9.80. The van der Waals surface area contributed by atoms with Gasteiger partial charge in [0.25, 0.3) is 0 Å². The lowest BCUT2D eigenvalue weighted by Crippen LogP contribution is -2.54. The molecule has 3 rings (SSSR count). The molecule has 3 saturated carbocycles. The maximum atomic E-state index is 9.80. The number of hydrogen-bond donors (Lipinski definition) is 2. The van der Waals surface area contributed by atoms with E-state index in [-0.39, 0.29) is 12.1 Å². The summed E-state index contributed by atoms with van der Waals surface area (Å²) in [5, 5.41) is 13.5. The molecule has 0 aromatic carbocycles. The molecule has 3 heteroatoms. The van der Waals surface area contributed by atoms with Crippen LogP contribution in [-0.2, 0) is 4.74 Å². The first-order valence-electron chi connectivity index (χ1n) is 8.30. The van der Waals surface area contributed by atoms with Crippen LogP contribution in [0.4, 0.5) is 0 Å². The fourth-order valence-corrected chi connectivity index (χ4v) is 3.88. The molecule has 0 heterocycles. The molecule has 0 bridgehead atoms. The van der Waals surface area contributed by atoms with Gasteiger partial charge in [0.05, 0.1) is 12.7 Å². The van der Waals surface area contributed by atoms with Crippen LogP contribution >= 0.6 is 0 Å². The minimum absolute atomic E-state index is 0.0419. The number of nitrogens with one attached hydrogen (secondary N) is 1. The van der Waals surface area contributed by atoms with E-state index in [1.165, 1.54) is 51.4 Å². The molecule has 3 aliphatic rings. The summed E-state index contributed by atoms with van der Waals surface area (Å²) in [4.78, 5) is 0. The van der Waals surface area contributed by atoms with Crippen molar-refractivity contribution in [3.63, 3.8) is 0 Å². The molecular weight excluding hydrogens is 238 g/mol. The van der Waals surface area contributed by atoms with Crippen LogP contribution in [0.15, 0.2) is 0 Å². The van der Waals surface area contributed by atoms with Crippen LogP contribution in [0.25, 0.3) is 0 Å². The van der Waals surface area contributed by atoms with Crippen LogP contribution in [0.1, 0.15) is 64.2 Å². The molecule has 2 atom stereocenters. The molecule has 19 heavy (non-hydrogen) atoms. The Hall–Kier alpha value is -0.120. The van der Waals surface area contributed by atoms with Gasteiger partial charge in [-0.1, -0.05) is 12.8 Å². The van der Waals surface area contributed by atoms with Crippen LogP contribution in [0, 0.1) is 5.92 Å². The summed E-state index contributed by atoms with van der Waals surface area (Å²) in [6.45, 7) is 1.22. The third-order valence-electron chi connectivity index (χ3n) is 5.23. The first kappa shape index (κ1) is 13.8. The molecule has 2 unspecified atom stereocenters. The Labute approximate surface area is 117 Å². The van der Waals surface area contributed by atoms with Gasteiger partial charge in [-0.25, -0.2) is 0 Å². The predicted molar refractivity (Wildman–Crippen MR) is 76.1 cm³/mol. The van der Waals surface area contributed by atoms with Crippen molar-refractivity contribution in [2.24, 2.45) is 5.92 Å². The van der Waals surface area contributed by atoms with E-state index in [0.717, 1.165) is 25.4 Å². The van der Waals surface area contributed by atoms with Gasteiger partial charge < -0.3 is 15.2 Å².